The molecule has 1 fully saturated rings. The molecule has 3 rings (SSSR count). The quantitative estimate of drug-likeness (QED) is 0.634. The van der Waals surface area contributed by atoms with Crippen LogP contribution in [-0.4, -0.2) is 34.7 Å². The van der Waals surface area contributed by atoms with Gasteiger partial charge >= 0.3 is 0 Å². The predicted octanol–water partition coefficient (Wildman–Crippen LogP) is 2.43. The minimum Gasteiger partial charge on any atom is -0.342 e. The van der Waals surface area contributed by atoms with E-state index in [9.17, 15) is 9.59 Å². The number of carbonyl (C=O) groups excluding carboxylic acids is 2. The zero-order chi connectivity index (χ0) is 13.9. The van der Waals surface area contributed by atoms with Gasteiger partial charge in [0.25, 0.3) is 0 Å². The molecule has 0 atom stereocenters. The Morgan fingerprint density at radius 2 is 1.90 bits per heavy atom. The molecular formula is C16H16N2O2. The maximum absolute atomic E-state index is 12.2. The van der Waals surface area contributed by atoms with Crippen molar-refractivity contribution in [2.45, 2.75) is 19.3 Å². The first-order valence-electron chi connectivity index (χ1n) is 6.90. The standard InChI is InChI=1S/C16H16N2O2/c19-15(10-16(20)18-7-3-4-8-18)13-9-12-5-1-2-6-14(12)17-11-13/h1-2,5-6,9,11H,3-4,7-8,10H2. The molecular weight excluding hydrogens is 252 g/mol. The van der Waals surface area contributed by atoms with Gasteiger partial charge in [-0.25, -0.2) is 0 Å². The molecule has 1 aliphatic heterocycles. The summed E-state index contributed by atoms with van der Waals surface area (Å²) in [5, 5.41) is 0.923. The maximum atomic E-state index is 12.2. The van der Waals surface area contributed by atoms with E-state index >= 15 is 0 Å². The van der Waals surface area contributed by atoms with Crippen molar-refractivity contribution in [1.29, 1.82) is 0 Å². The minimum absolute atomic E-state index is 0.0555. The van der Waals surface area contributed by atoms with Gasteiger partial charge < -0.3 is 4.90 Å². The van der Waals surface area contributed by atoms with E-state index < -0.39 is 0 Å². The third-order valence-electron chi connectivity index (χ3n) is 3.68. The zero-order valence-corrected chi connectivity index (χ0v) is 11.2. The largest absolute Gasteiger partial charge is 0.342 e. The highest BCUT2D eigenvalue weighted by Crippen LogP contribution is 2.15. The topological polar surface area (TPSA) is 50.3 Å². The van der Waals surface area contributed by atoms with Crippen LogP contribution in [0.1, 0.15) is 29.6 Å². The van der Waals surface area contributed by atoms with Crippen LogP contribution in [0.25, 0.3) is 10.9 Å². The lowest BCUT2D eigenvalue weighted by Crippen LogP contribution is -2.29. The summed E-state index contributed by atoms with van der Waals surface area (Å²) in [6.07, 6.45) is 3.58. The van der Waals surface area contributed by atoms with E-state index in [-0.39, 0.29) is 18.1 Å². The van der Waals surface area contributed by atoms with Crippen molar-refractivity contribution >= 4 is 22.6 Å². The Bertz CT molecular complexity index is 660. The van der Waals surface area contributed by atoms with Gasteiger partial charge in [0, 0.05) is 30.2 Å². The van der Waals surface area contributed by atoms with Crippen molar-refractivity contribution in [2.75, 3.05) is 13.1 Å². The molecule has 4 heteroatoms. The van der Waals surface area contributed by atoms with E-state index in [2.05, 4.69) is 4.98 Å². The number of benzene rings is 1. The molecule has 0 radical (unpaired) electrons. The molecule has 0 saturated carbocycles. The normalized spacial score (nSPS) is 14.7. The highest BCUT2D eigenvalue weighted by atomic mass is 16.2. The summed E-state index contributed by atoms with van der Waals surface area (Å²) in [5.41, 5.74) is 1.37. The number of nitrogens with zero attached hydrogens (tertiary/aromatic N) is 2. The van der Waals surface area contributed by atoms with E-state index in [1.54, 1.807) is 11.1 Å². The van der Waals surface area contributed by atoms with Crippen molar-refractivity contribution in [3.05, 3.63) is 42.1 Å². The van der Waals surface area contributed by atoms with Gasteiger partial charge in [0.2, 0.25) is 5.91 Å². The Labute approximate surface area is 117 Å². The number of para-hydroxylation sites is 1. The Balaban J connectivity index is 1.76. The van der Waals surface area contributed by atoms with E-state index in [1.807, 2.05) is 30.3 Å². The van der Waals surface area contributed by atoms with Crippen molar-refractivity contribution < 1.29 is 9.59 Å². The molecule has 1 saturated heterocycles. The highest BCUT2D eigenvalue weighted by molar-refractivity contribution is 6.08. The highest BCUT2D eigenvalue weighted by Gasteiger charge is 2.21. The van der Waals surface area contributed by atoms with Gasteiger partial charge in [-0.3, -0.25) is 14.6 Å². The average Bonchev–Trinajstić information content (AvgIpc) is 3.01. The molecule has 0 spiro atoms. The third kappa shape index (κ3) is 2.54. The smallest absolute Gasteiger partial charge is 0.230 e. The van der Waals surface area contributed by atoms with Gasteiger partial charge in [-0.1, -0.05) is 18.2 Å². The molecule has 1 aliphatic rings. The summed E-state index contributed by atoms with van der Waals surface area (Å²) >= 11 is 0. The molecule has 0 aliphatic carbocycles. The summed E-state index contributed by atoms with van der Waals surface area (Å²) in [7, 11) is 0. The molecule has 0 unspecified atom stereocenters. The lowest BCUT2D eigenvalue weighted by atomic mass is 10.1. The fourth-order valence-corrected chi connectivity index (χ4v) is 2.54. The third-order valence-corrected chi connectivity index (χ3v) is 3.68. The van der Waals surface area contributed by atoms with Crippen molar-refractivity contribution in [3.63, 3.8) is 0 Å². The number of pyridine rings is 1. The zero-order valence-electron chi connectivity index (χ0n) is 11.2. The van der Waals surface area contributed by atoms with Crippen LogP contribution in [0, 0.1) is 0 Å². The van der Waals surface area contributed by atoms with Crippen LogP contribution >= 0.6 is 0 Å². The van der Waals surface area contributed by atoms with Crippen molar-refractivity contribution in [3.8, 4) is 0 Å². The number of ketones is 1. The maximum Gasteiger partial charge on any atom is 0.230 e. The van der Waals surface area contributed by atoms with Crippen molar-refractivity contribution in [2.24, 2.45) is 0 Å². The fourth-order valence-electron chi connectivity index (χ4n) is 2.54. The second kappa shape index (κ2) is 5.41. The van der Waals surface area contributed by atoms with E-state index in [4.69, 9.17) is 0 Å². The van der Waals surface area contributed by atoms with Gasteiger partial charge in [-0.2, -0.15) is 0 Å². The van der Waals surface area contributed by atoms with Gasteiger partial charge in [-0.15, -0.1) is 0 Å². The van der Waals surface area contributed by atoms with E-state index in [0.29, 0.717) is 5.56 Å². The summed E-state index contributed by atoms with van der Waals surface area (Å²) in [5.74, 6) is -0.221. The molecule has 20 heavy (non-hydrogen) atoms. The molecule has 0 bridgehead atoms. The van der Waals surface area contributed by atoms with Crippen LogP contribution < -0.4 is 0 Å². The summed E-state index contributed by atoms with van der Waals surface area (Å²) in [6, 6.07) is 9.45. The molecule has 4 nitrogen and oxygen atoms in total. The van der Waals surface area contributed by atoms with Crippen LogP contribution in [0.3, 0.4) is 0 Å². The second-order valence-electron chi connectivity index (χ2n) is 5.10. The number of hydrogen-bond acceptors (Lipinski definition) is 3. The van der Waals surface area contributed by atoms with Crippen LogP contribution in [0.4, 0.5) is 0 Å². The van der Waals surface area contributed by atoms with Gasteiger partial charge in [0.1, 0.15) is 0 Å². The monoisotopic (exact) mass is 268 g/mol. The van der Waals surface area contributed by atoms with E-state index in [0.717, 1.165) is 36.8 Å². The molecule has 2 heterocycles. The molecule has 1 aromatic carbocycles. The molecule has 2 aromatic rings. The predicted molar refractivity (Wildman–Crippen MR) is 76.5 cm³/mol. The molecule has 102 valence electrons. The molecule has 1 aromatic heterocycles. The first-order valence-corrected chi connectivity index (χ1v) is 6.90. The first-order chi connectivity index (χ1) is 9.74. The summed E-state index contributed by atoms with van der Waals surface area (Å²) in [6.45, 7) is 1.56. The summed E-state index contributed by atoms with van der Waals surface area (Å²) < 4.78 is 0. The lowest BCUT2D eigenvalue weighted by molar-refractivity contribution is -0.129. The lowest BCUT2D eigenvalue weighted by Gasteiger charge is -2.14. The molecule has 1 amide bonds. The number of hydrogen-bond donors (Lipinski definition) is 0. The SMILES string of the molecule is O=C(CC(=O)N1CCCC1)c1cnc2ccccc2c1. The van der Waals surface area contributed by atoms with Crippen LogP contribution in [0.2, 0.25) is 0 Å². The average molecular weight is 268 g/mol. The van der Waals surface area contributed by atoms with Crippen LogP contribution in [0.15, 0.2) is 36.5 Å². The number of likely N-dealkylation sites (tertiary alicyclic amines) is 1. The van der Waals surface area contributed by atoms with Gasteiger partial charge in [0.15, 0.2) is 5.78 Å². The number of aromatic nitrogens is 1. The minimum atomic E-state index is -0.153. The number of amides is 1. The van der Waals surface area contributed by atoms with Crippen LogP contribution in [-0.2, 0) is 4.79 Å². The van der Waals surface area contributed by atoms with E-state index in [1.165, 1.54) is 0 Å². The van der Waals surface area contributed by atoms with Crippen molar-refractivity contribution in [1.82, 2.24) is 9.88 Å². The summed E-state index contributed by atoms with van der Waals surface area (Å²) in [4.78, 5) is 30.2. The Kier molecular flexibility index (Phi) is 3.46. The first kappa shape index (κ1) is 12.8. The Hall–Kier alpha value is -2.23. The number of carbonyl (C=O) groups is 2. The fraction of sp³-hybridized carbons (Fsp3) is 0.312. The number of rotatable bonds is 3. The number of Topliss-reactive ketones (excluding diaryl/α,β-unsaturated/α-hetero) is 1. The number of fused-ring (bicyclic) bond motifs is 1. The van der Waals surface area contributed by atoms with Gasteiger partial charge in [-0.05, 0) is 25.0 Å². The Morgan fingerprint density at radius 3 is 2.70 bits per heavy atom. The Morgan fingerprint density at radius 1 is 1.15 bits per heavy atom. The molecule has 0 N–H and O–H groups in total. The van der Waals surface area contributed by atoms with Gasteiger partial charge in [0.05, 0.1) is 11.9 Å². The second-order valence-corrected chi connectivity index (χ2v) is 5.10. The van der Waals surface area contributed by atoms with Crippen LogP contribution in [0.5, 0.6) is 0 Å².